The lowest BCUT2D eigenvalue weighted by molar-refractivity contribution is -0.141. The largest absolute Gasteiger partial charge is 0.468 e. The van der Waals surface area contributed by atoms with Crippen LogP contribution in [0.25, 0.3) is 10.2 Å². The van der Waals surface area contributed by atoms with E-state index in [9.17, 15) is 9.59 Å². The molecule has 0 N–H and O–H groups in total. The predicted molar refractivity (Wildman–Crippen MR) is 98.5 cm³/mol. The Hall–Kier alpha value is -1.77. The summed E-state index contributed by atoms with van der Waals surface area (Å²) in [7, 11) is 1.34. The number of hydrogen-bond acceptors (Lipinski definition) is 5. The third-order valence-electron chi connectivity index (χ3n) is 3.33. The summed E-state index contributed by atoms with van der Waals surface area (Å²) in [5.74, 6) is -0.712. The van der Waals surface area contributed by atoms with Crippen LogP contribution in [0.4, 0.5) is 0 Å². The summed E-state index contributed by atoms with van der Waals surface area (Å²) < 4.78 is 8.31. The van der Waals surface area contributed by atoms with E-state index in [4.69, 9.17) is 4.74 Å². The summed E-state index contributed by atoms with van der Waals surface area (Å²) in [6.45, 7) is 2.01. The van der Waals surface area contributed by atoms with Crippen LogP contribution in [0, 0.1) is 6.92 Å². The van der Waals surface area contributed by atoms with Gasteiger partial charge in [0, 0.05) is 0 Å². The van der Waals surface area contributed by atoms with Gasteiger partial charge in [-0.25, -0.2) is 0 Å². The Kier molecular flexibility index (Phi) is 4.98. The fourth-order valence-corrected chi connectivity index (χ4v) is 4.58. The second-order valence-corrected chi connectivity index (χ2v) is 8.51. The highest BCUT2D eigenvalue weighted by Gasteiger charge is 2.13. The molecule has 3 aromatic rings. The van der Waals surface area contributed by atoms with Crippen LogP contribution in [0.1, 0.15) is 15.2 Å². The molecule has 0 saturated carbocycles. The Balaban J connectivity index is 2.14. The summed E-state index contributed by atoms with van der Waals surface area (Å²) in [4.78, 5) is 29.4. The normalized spacial score (nSPS) is 11.9. The monoisotopic (exact) mass is 424 g/mol. The van der Waals surface area contributed by atoms with Crippen molar-refractivity contribution in [3.8, 4) is 0 Å². The minimum Gasteiger partial charge on any atom is -0.468 e. The van der Waals surface area contributed by atoms with Crippen molar-refractivity contribution in [2.24, 2.45) is 4.99 Å². The van der Waals surface area contributed by atoms with Crippen molar-refractivity contribution in [2.75, 3.05) is 7.11 Å². The van der Waals surface area contributed by atoms with Gasteiger partial charge in [-0.1, -0.05) is 17.4 Å². The topological polar surface area (TPSA) is 60.7 Å². The minimum atomic E-state index is -0.386. The van der Waals surface area contributed by atoms with Crippen LogP contribution < -0.4 is 4.80 Å². The van der Waals surface area contributed by atoms with Gasteiger partial charge in [-0.05, 0) is 52.7 Å². The van der Waals surface area contributed by atoms with Crippen molar-refractivity contribution in [2.45, 2.75) is 13.5 Å². The van der Waals surface area contributed by atoms with E-state index in [1.54, 1.807) is 10.6 Å². The van der Waals surface area contributed by atoms with Crippen LogP contribution in [0.5, 0.6) is 0 Å². The van der Waals surface area contributed by atoms with Gasteiger partial charge in [-0.2, -0.15) is 4.99 Å². The first-order valence-corrected chi connectivity index (χ1v) is 9.42. The summed E-state index contributed by atoms with van der Waals surface area (Å²) in [5.41, 5.74) is 1.96. The summed E-state index contributed by atoms with van der Waals surface area (Å²) >= 11 is 6.05. The van der Waals surface area contributed by atoms with E-state index in [-0.39, 0.29) is 18.4 Å². The first-order chi connectivity index (χ1) is 11.5. The molecule has 5 nitrogen and oxygen atoms in total. The second kappa shape index (κ2) is 7.00. The van der Waals surface area contributed by atoms with Gasteiger partial charge >= 0.3 is 5.97 Å². The Morgan fingerprint density at radius 3 is 2.71 bits per heavy atom. The molecule has 1 amide bonds. The van der Waals surface area contributed by atoms with Gasteiger partial charge < -0.3 is 9.30 Å². The van der Waals surface area contributed by atoms with Gasteiger partial charge in [0.1, 0.15) is 6.54 Å². The van der Waals surface area contributed by atoms with E-state index < -0.39 is 0 Å². The quantitative estimate of drug-likeness (QED) is 0.601. The number of nitrogens with zero attached hydrogens (tertiary/aromatic N) is 2. The molecule has 0 fully saturated rings. The lowest BCUT2D eigenvalue weighted by Gasteiger charge is -2.03. The van der Waals surface area contributed by atoms with Gasteiger partial charge in [0.05, 0.1) is 26.0 Å². The molecular weight excluding hydrogens is 412 g/mol. The molecule has 8 heteroatoms. The third-order valence-corrected chi connectivity index (χ3v) is 5.99. The number of esters is 1. The van der Waals surface area contributed by atoms with Gasteiger partial charge in [-0.15, -0.1) is 11.3 Å². The molecule has 1 aromatic carbocycles. The van der Waals surface area contributed by atoms with E-state index in [0.29, 0.717) is 9.68 Å². The molecule has 3 rings (SSSR count). The number of benzene rings is 1. The fraction of sp³-hybridized carbons (Fsp3) is 0.188. The molecule has 124 valence electrons. The van der Waals surface area contributed by atoms with E-state index in [2.05, 4.69) is 20.9 Å². The number of carbonyl (C=O) groups excluding carboxylic acids is 2. The highest BCUT2D eigenvalue weighted by Crippen LogP contribution is 2.23. The van der Waals surface area contributed by atoms with E-state index in [1.807, 2.05) is 31.2 Å². The molecule has 0 aliphatic heterocycles. The Labute approximate surface area is 154 Å². The predicted octanol–water partition coefficient (Wildman–Crippen LogP) is 3.75. The molecule has 0 aliphatic carbocycles. The molecule has 0 aliphatic rings. The molecular formula is C16H13BrN2O3S2. The van der Waals surface area contributed by atoms with E-state index in [1.165, 1.54) is 29.8 Å². The molecule has 24 heavy (non-hydrogen) atoms. The highest BCUT2D eigenvalue weighted by atomic mass is 79.9. The average molecular weight is 425 g/mol. The van der Waals surface area contributed by atoms with Crippen LogP contribution in [0.15, 0.2) is 39.1 Å². The highest BCUT2D eigenvalue weighted by molar-refractivity contribution is 9.11. The Morgan fingerprint density at radius 1 is 1.25 bits per heavy atom. The summed E-state index contributed by atoms with van der Waals surface area (Å²) in [5, 5.41) is 0. The summed E-state index contributed by atoms with van der Waals surface area (Å²) in [6, 6.07) is 9.44. The second-order valence-electron chi connectivity index (χ2n) is 5.04. The average Bonchev–Trinajstić information content (AvgIpc) is 3.11. The number of carbonyl (C=O) groups is 2. The number of fused-ring (bicyclic) bond motifs is 1. The van der Waals surface area contributed by atoms with Crippen LogP contribution in [-0.2, 0) is 16.1 Å². The zero-order valence-electron chi connectivity index (χ0n) is 12.9. The van der Waals surface area contributed by atoms with Crippen LogP contribution in [0.3, 0.4) is 0 Å². The fourth-order valence-electron chi connectivity index (χ4n) is 2.18. The van der Waals surface area contributed by atoms with Crippen LogP contribution >= 0.6 is 38.6 Å². The number of rotatable bonds is 3. The molecule has 0 radical (unpaired) electrons. The first-order valence-electron chi connectivity index (χ1n) is 6.99. The lowest BCUT2D eigenvalue weighted by atomic mass is 10.2. The van der Waals surface area contributed by atoms with Gasteiger partial charge in [-0.3, -0.25) is 9.59 Å². The minimum absolute atomic E-state index is 0.0137. The maximum Gasteiger partial charge on any atom is 0.325 e. The number of aryl methyl sites for hydroxylation is 1. The van der Waals surface area contributed by atoms with E-state index in [0.717, 1.165) is 19.6 Å². The van der Waals surface area contributed by atoms with E-state index >= 15 is 0 Å². The first kappa shape index (κ1) is 17.1. The number of ether oxygens (including phenoxy) is 1. The third kappa shape index (κ3) is 3.50. The molecule has 0 unspecified atom stereocenters. The Morgan fingerprint density at radius 2 is 2.04 bits per heavy atom. The zero-order valence-corrected chi connectivity index (χ0v) is 16.1. The lowest BCUT2D eigenvalue weighted by Crippen LogP contribution is -2.22. The molecule has 0 spiro atoms. The maximum absolute atomic E-state index is 12.4. The number of halogens is 1. The molecule has 0 saturated heterocycles. The Bertz CT molecular complexity index is 1000. The van der Waals surface area contributed by atoms with Crippen molar-refractivity contribution < 1.29 is 14.3 Å². The standard InChI is InChI=1S/C16H13BrN2O3S2/c1-9-3-4-10-12(7-9)24-16(19(10)8-14(20)22-2)18-15(21)11-5-6-13(17)23-11/h3-7H,8H2,1-2H3. The molecule has 0 bridgehead atoms. The maximum atomic E-state index is 12.4. The summed E-state index contributed by atoms with van der Waals surface area (Å²) in [6.07, 6.45) is 0. The van der Waals surface area contributed by atoms with Crippen molar-refractivity contribution in [3.63, 3.8) is 0 Å². The zero-order chi connectivity index (χ0) is 17.3. The van der Waals surface area contributed by atoms with Crippen molar-refractivity contribution >= 4 is 60.7 Å². The molecule has 2 aromatic heterocycles. The number of aromatic nitrogens is 1. The smallest absolute Gasteiger partial charge is 0.325 e. The molecule has 2 heterocycles. The molecule has 0 atom stereocenters. The number of amides is 1. The number of methoxy groups -OCH3 is 1. The SMILES string of the molecule is COC(=O)Cn1c(=NC(=O)c2ccc(Br)s2)sc2cc(C)ccc21. The van der Waals surface area contributed by atoms with Crippen molar-refractivity contribution in [3.05, 3.63) is 49.4 Å². The van der Waals surface area contributed by atoms with Gasteiger partial charge in [0.15, 0.2) is 4.80 Å². The van der Waals surface area contributed by atoms with Gasteiger partial charge in [0.25, 0.3) is 5.91 Å². The van der Waals surface area contributed by atoms with Crippen molar-refractivity contribution in [1.82, 2.24) is 4.57 Å². The van der Waals surface area contributed by atoms with Crippen LogP contribution in [0.2, 0.25) is 0 Å². The van der Waals surface area contributed by atoms with Crippen LogP contribution in [-0.4, -0.2) is 23.6 Å². The van der Waals surface area contributed by atoms with Gasteiger partial charge in [0.2, 0.25) is 0 Å². The number of thiophene rings is 1. The number of hydrogen-bond donors (Lipinski definition) is 0. The number of thiazole rings is 1. The van der Waals surface area contributed by atoms with Crippen molar-refractivity contribution in [1.29, 1.82) is 0 Å².